The summed E-state index contributed by atoms with van der Waals surface area (Å²) in [5.41, 5.74) is 2.69. The molecule has 2 rings (SSSR count). The number of allylic oxidation sites excluding steroid dienone is 3. The molecule has 4 nitrogen and oxygen atoms in total. The van der Waals surface area contributed by atoms with Crippen molar-refractivity contribution in [2.24, 2.45) is 0 Å². The number of carbonyl (C=O) groups excluding carboxylic acids is 1. The molecule has 1 amide bonds. The fraction of sp³-hybridized carbons (Fsp3) is 0.577. The Hall–Kier alpha value is -2.05. The fourth-order valence-electron chi connectivity index (χ4n) is 2.90. The molecule has 0 aliphatic heterocycles. The number of aryl methyl sites for hydroxylation is 1. The summed E-state index contributed by atoms with van der Waals surface area (Å²) in [6, 6.07) is 7.84. The van der Waals surface area contributed by atoms with Gasteiger partial charge in [0.05, 0.1) is 26.3 Å². The number of benzene rings is 1. The predicted octanol–water partition coefficient (Wildman–Crippen LogP) is 5.09. The van der Waals surface area contributed by atoms with Crippen molar-refractivity contribution in [3.8, 4) is 0 Å². The van der Waals surface area contributed by atoms with Crippen molar-refractivity contribution in [3.63, 3.8) is 0 Å². The van der Waals surface area contributed by atoms with Crippen molar-refractivity contribution in [1.29, 1.82) is 0 Å². The summed E-state index contributed by atoms with van der Waals surface area (Å²) in [7, 11) is 5.19. The molecular formula is C26H45F2N2O2+. The standard InChI is InChI=1S/C18H22FNO.C4H10FN.C2H6O.C2H6/c1-3-12-20(13-21)16-8-10-17(18(19)11-9-16)15-6-4-14(2)5-7-15;1-6-4-2-3-5;1-3-2;1-2/h4-8,10,13,16H,3,9,11-12H2,1-2H3;6H,2-4H2,1H3;1-2H3;1-2H3/p+1. The molecule has 1 aromatic carbocycles. The van der Waals surface area contributed by atoms with Gasteiger partial charge in [0, 0.05) is 39.2 Å². The highest BCUT2D eigenvalue weighted by atomic mass is 19.1. The number of halogens is 2. The quantitative estimate of drug-likeness (QED) is 0.438. The van der Waals surface area contributed by atoms with E-state index < -0.39 is 0 Å². The molecule has 1 aromatic rings. The zero-order valence-corrected chi connectivity index (χ0v) is 21.2. The van der Waals surface area contributed by atoms with Crippen molar-refractivity contribution in [3.05, 3.63) is 53.4 Å². The van der Waals surface area contributed by atoms with Crippen LogP contribution in [0.3, 0.4) is 0 Å². The van der Waals surface area contributed by atoms with Crippen LogP contribution >= 0.6 is 0 Å². The van der Waals surface area contributed by atoms with E-state index in [1.165, 1.54) is 0 Å². The van der Waals surface area contributed by atoms with E-state index in [1.54, 1.807) is 19.1 Å². The Morgan fingerprint density at radius 3 is 2.25 bits per heavy atom. The first-order valence-electron chi connectivity index (χ1n) is 11.6. The molecule has 184 valence electrons. The third-order valence-electron chi connectivity index (χ3n) is 4.47. The molecule has 6 heteroatoms. The molecule has 0 saturated heterocycles. The molecule has 0 bridgehead atoms. The summed E-state index contributed by atoms with van der Waals surface area (Å²) in [4.78, 5) is 12.9. The molecule has 0 aromatic heterocycles. The van der Waals surface area contributed by atoms with Gasteiger partial charge in [-0.15, -0.1) is 0 Å². The Morgan fingerprint density at radius 2 is 1.81 bits per heavy atom. The summed E-state index contributed by atoms with van der Waals surface area (Å²) >= 11 is 0. The maximum Gasteiger partial charge on any atom is 0.210 e. The molecule has 0 radical (unpaired) electrons. The van der Waals surface area contributed by atoms with Crippen molar-refractivity contribution in [1.82, 2.24) is 4.90 Å². The number of hydrogen-bond acceptors (Lipinski definition) is 2. The molecule has 1 aliphatic rings. The van der Waals surface area contributed by atoms with Crippen LogP contribution in [-0.4, -0.2) is 58.4 Å². The maximum atomic E-state index is 14.3. The molecule has 2 N–H and O–H groups in total. The van der Waals surface area contributed by atoms with E-state index in [-0.39, 0.29) is 18.5 Å². The van der Waals surface area contributed by atoms with E-state index in [2.05, 4.69) is 4.74 Å². The first-order chi connectivity index (χ1) is 15.5. The van der Waals surface area contributed by atoms with Gasteiger partial charge < -0.3 is 15.0 Å². The van der Waals surface area contributed by atoms with Gasteiger partial charge in [0.15, 0.2) is 0 Å². The molecule has 0 spiro atoms. The second-order valence-corrected chi connectivity index (χ2v) is 7.14. The lowest BCUT2D eigenvalue weighted by Gasteiger charge is -2.24. The van der Waals surface area contributed by atoms with Gasteiger partial charge in [-0.25, -0.2) is 4.39 Å². The number of methoxy groups -OCH3 is 1. The van der Waals surface area contributed by atoms with Gasteiger partial charge in [0.2, 0.25) is 6.41 Å². The number of quaternary nitrogens is 1. The Morgan fingerprint density at radius 1 is 1.22 bits per heavy atom. The highest BCUT2D eigenvalue weighted by molar-refractivity contribution is 5.76. The number of rotatable bonds is 8. The van der Waals surface area contributed by atoms with Crippen LogP contribution in [0.25, 0.3) is 5.57 Å². The second-order valence-electron chi connectivity index (χ2n) is 7.14. The summed E-state index contributed by atoms with van der Waals surface area (Å²) in [6.07, 6.45) is 7.24. The minimum Gasteiger partial charge on any atom is -0.388 e. The molecule has 1 aliphatic carbocycles. The van der Waals surface area contributed by atoms with Crippen LogP contribution in [0.5, 0.6) is 0 Å². The second kappa shape index (κ2) is 22.2. The zero-order valence-electron chi connectivity index (χ0n) is 21.2. The van der Waals surface area contributed by atoms with Crippen molar-refractivity contribution in [2.45, 2.75) is 59.4 Å². The van der Waals surface area contributed by atoms with E-state index in [0.29, 0.717) is 31.4 Å². The van der Waals surface area contributed by atoms with Crippen molar-refractivity contribution in [2.75, 3.05) is 41.0 Å². The van der Waals surface area contributed by atoms with Gasteiger partial charge in [-0.1, -0.05) is 62.8 Å². The van der Waals surface area contributed by atoms with Crippen molar-refractivity contribution < 1.29 is 23.6 Å². The number of amides is 1. The monoisotopic (exact) mass is 455 g/mol. The number of nitrogens with two attached hydrogens (primary N) is 1. The summed E-state index contributed by atoms with van der Waals surface area (Å²) < 4.78 is 29.8. The topological polar surface area (TPSA) is 46.2 Å². The van der Waals surface area contributed by atoms with Crippen LogP contribution in [0.2, 0.25) is 0 Å². The zero-order chi connectivity index (χ0) is 24.8. The fourth-order valence-corrected chi connectivity index (χ4v) is 2.90. The normalized spacial score (nSPS) is 14.6. The Kier molecular flexibility index (Phi) is 22.2. The van der Waals surface area contributed by atoms with Crippen molar-refractivity contribution >= 4 is 12.0 Å². The number of nitrogens with zero attached hydrogens (tertiary/aromatic N) is 1. The van der Waals surface area contributed by atoms with Gasteiger partial charge in [-0.3, -0.25) is 9.18 Å². The lowest BCUT2D eigenvalue weighted by Crippen LogP contribution is -2.79. The smallest absolute Gasteiger partial charge is 0.210 e. The highest BCUT2D eigenvalue weighted by Gasteiger charge is 2.19. The molecule has 1 unspecified atom stereocenters. The van der Waals surface area contributed by atoms with Crippen LogP contribution in [0.4, 0.5) is 8.78 Å². The SMILES string of the molecule is CC.CCCN(C=O)C1C=CC(c2ccc(C)cc2)=C(F)CC1.COC.C[NH2+]CCCF. The van der Waals surface area contributed by atoms with Gasteiger partial charge in [-0.05, 0) is 25.3 Å². The van der Waals surface area contributed by atoms with Gasteiger partial charge >= 0.3 is 0 Å². The third-order valence-corrected chi connectivity index (χ3v) is 4.47. The lowest BCUT2D eigenvalue weighted by molar-refractivity contribution is -0.627. The summed E-state index contributed by atoms with van der Waals surface area (Å²) in [5, 5.41) is 1.97. The molecule has 1 atom stereocenters. The van der Waals surface area contributed by atoms with Crippen LogP contribution < -0.4 is 5.32 Å². The molecule has 0 fully saturated rings. The molecule has 0 saturated carbocycles. The highest BCUT2D eigenvalue weighted by Crippen LogP contribution is 2.29. The number of carbonyl (C=O) groups is 1. The Balaban J connectivity index is 0. The minimum atomic E-state index is -0.176. The molecule has 0 heterocycles. The van der Waals surface area contributed by atoms with E-state index in [4.69, 9.17) is 0 Å². The first-order valence-corrected chi connectivity index (χ1v) is 11.6. The van der Waals surface area contributed by atoms with Crippen LogP contribution in [0, 0.1) is 6.92 Å². The molecular weight excluding hydrogens is 410 g/mol. The summed E-state index contributed by atoms with van der Waals surface area (Å²) in [6.45, 7) is 9.49. The third kappa shape index (κ3) is 14.1. The summed E-state index contributed by atoms with van der Waals surface area (Å²) in [5.74, 6) is -0.0973. The predicted molar refractivity (Wildman–Crippen MR) is 132 cm³/mol. The van der Waals surface area contributed by atoms with E-state index >= 15 is 0 Å². The van der Waals surface area contributed by atoms with Crippen LogP contribution in [0.15, 0.2) is 42.2 Å². The lowest BCUT2D eigenvalue weighted by atomic mass is 10.0. The molecule has 32 heavy (non-hydrogen) atoms. The van der Waals surface area contributed by atoms with E-state index in [0.717, 1.165) is 30.5 Å². The Labute approximate surface area is 194 Å². The largest absolute Gasteiger partial charge is 0.388 e. The number of hydrogen-bond donors (Lipinski definition) is 1. The average Bonchev–Trinajstić information content (AvgIpc) is 3.00. The van der Waals surface area contributed by atoms with E-state index in [1.807, 2.05) is 76.5 Å². The number of alkyl halides is 1. The van der Waals surface area contributed by atoms with Gasteiger partial charge in [-0.2, -0.15) is 0 Å². The maximum absolute atomic E-state index is 14.3. The van der Waals surface area contributed by atoms with Crippen LogP contribution in [0.1, 0.15) is 57.6 Å². The van der Waals surface area contributed by atoms with Gasteiger partial charge in [0.1, 0.15) is 5.83 Å². The minimum absolute atomic E-state index is 0.0175. The van der Waals surface area contributed by atoms with Gasteiger partial charge in [0.25, 0.3) is 0 Å². The first kappa shape index (κ1) is 32.1. The Bertz CT molecular complexity index is 627. The van der Waals surface area contributed by atoms with E-state index in [9.17, 15) is 13.6 Å². The number of ether oxygens (including phenoxy) is 1. The van der Waals surface area contributed by atoms with Crippen LogP contribution in [-0.2, 0) is 9.53 Å². The average molecular weight is 456 g/mol.